The number of fused-ring (bicyclic) bond motifs is 5. The molecule has 0 radical (unpaired) electrons. The Labute approximate surface area is 151 Å². The molecule has 10 atom stereocenters. The van der Waals surface area contributed by atoms with E-state index in [0.29, 0.717) is 24.7 Å². The summed E-state index contributed by atoms with van der Waals surface area (Å²) in [6.45, 7) is 6.15. The van der Waals surface area contributed by atoms with E-state index in [0.717, 1.165) is 32.1 Å². The molecule has 0 heterocycles. The number of Topliss-reactive ketones (excluding diaryl/α,β-unsaturated/α-hetero) is 1. The van der Waals surface area contributed by atoms with Gasteiger partial charge < -0.3 is 15.3 Å². The van der Waals surface area contributed by atoms with Crippen molar-refractivity contribution in [3.8, 4) is 0 Å². The molecule has 4 fully saturated rings. The van der Waals surface area contributed by atoms with Crippen LogP contribution >= 0.6 is 0 Å². The smallest absolute Gasteiger partial charge is 0.133 e. The van der Waals surface area contributed by atoms with Gasteiger partial charge >= 0.3 is 0 Å². The molecule has 0 bridgehead atoms. The first-order valence-corrected chi connectivity index (χ1v) is 10.2. The SMILES string of the molecule is CC(=O)[C@H]1CC[C@H]2[C@@H]3C[C@H](O)[C@H]4C[C@H](O)CC[C@]4(C)[C@H]3[C@H](O)C[C@]12C. The average Bonchev–Trinajstić information content (AvgIpc) is 2.85. The lowest BCUT2D eigenvalue weighted by Crippen LogP contribution is -2.62. The highest BCUT2D eigenvalue weighted by atomic mass is 16.3. The molecule has 0 saturated heterocycles. The maximum atomic E-state index is 12.2. The normalized spacial score (nSPS) is 58.2. The van der Waals surface area contributed by atoms with Gasteiger partial charge in [-0.2, -0.15) is 0 Å². The van der Waals surface area contributed by atoms with Gasteiger partial charge in [0.05, 0.1) is 18.3 Å². The third-order valence-corrected chi connectivity index (χ3v) is 9.07. The van der Waals surface area contributed by atoms with Gasteiger partial charge in [-0.25, -0.2) is 0 Å². The van der Waals surface area contributed by atoms with Gasteiger partial charge in [0, 0.05) is 5.92 Å². The summed E-state index contributed by atoms with van der Waals surface area (Å²) in [6, 6.07) is 0. The summed E-state index contributed by atoms with van der Waals surface area (Å²) >= 11 is 0. The van der Waals surface area contributed by atoms with Gasteiger partial charge in [0.25, 0.3) is 0 Å². The van der Waals surface area contributed by atoms with Crippen LogP contribution in [0.4, 0.5) is 0 Å². The number of carbonyl (C=O) groups is 1. The Kier molecular flexibility index (Phi) is 4.14. The summed E-state index contributed by atoms with van der Waals surface area (Å²) in [5.41, 5.74) is -0.222. The largest absolute Gasteiger partial charge is 0.393 e. The molecule has 3 N–H and O–H groups in total. The molecule has 4 nitrogen and oxygen atoms in total. The van der Waals surface area contributed by atoms with Crippen LogP contribution in [0.1, 0.15) is 65.7 Å². The van der Waals surface area contributed by atoms with E-state index in [1.165, 1.54) is 0 Å². The van der Waals surface area contributed by atoms with E-state index in [1.54, 1.807) is 6.92 Å². The fraction of sp³-hybridized carbons (Fsp3) is 0.952. The van der Waals surface area contributed by atoms with Crippen LogP contribution in [0.15, 0.2) is 0 Å². The molecular weight excluding hydrogens is 316 g/mol. The van der Waals surface area contributed by atoms with Crippen molar-refractivity contribution < 1.29 is 20.1 Å². The van der Waals surface area contributed by atoms with Crippen LogP contribution in [0.25, 0.3) is 0 Å². The van der Waals surface area contributed by atoms with Gasteiger partial charge in [0.15, 0.2) is 0 Å². The number of aliphatic hydroxyl groups is 3. The Bertz CT molecular complexity index is 562. The molecule has 4 saturated carbocycles. The molecule has 0 amide bonds. The van der Waals surface area contributed by atoms with Crippen LogP contribution in [0.5, 0.6) is 0 Å². The molecule has 0 unspecified atom stereocenters. The fourth-order valence-electron chi connectivity index (χ4n) is 8.08. The van der Waals surface area contributed by atoms with Crippen molar-refractivity contribution in [2.24, 2.45) is 40.4 Å². The second kappa shape index (κ2) is 5.77. The first-order chi connectivity index (χ1) is 11.7. The molecule has 0 aromatic rings. The van der Waals surface area contributed by atoms with Crippen molar-refractivity contribution in [3.63, 3.8) is 0 Å². The Morgan fingerprint density at radius 3 is 2.32 bits per heavy atom. The van der Waals surface area contributed by atoms with Crippen LogP contribution in [0.2, 0.25) is 0 Å². The number of carbonyl (C=O) groups excluding carboxylic acids is 1. The maximum Gasteiger partial charge on any atom is 0.133 e. The minimum absolute atomic E-state index is 0.0592. The minimum Gasteiger partial charge on any atom is -0.393 e. The van der Waals surface area contributed by atoms with Crippen LogP contribution < -0.4 is 0 Å². The second-order valence-corrected chi connectivity index (χ2v) is 10.2. The number of hydrogen-bond donors (Lipinski definition) is 3. The Hall–Kier alpha value is -0.450. The van der Waals surface area contributed by atoms with E-state index in [4.69, 9.17) is 0 Å². The van der Waals surface area contributed by atoms with Crippen molar-refractivity contribution in [1.29, 1.82) is 0 Å². The highest BCUT2D eigenvalue weighted by Crippen LogP contribution is 2.67. The predicted octanol–water partition coefficient (Wildman–Crippen LogP) is 2.54. The molecule has 25 heavy (non-hydrogen) atoms. The second-order valence-electron chi connectivity index (χ2n) is 10.2. The summed E-state index contributed by atoms with van der Waals surface area (Å²) in [5.74, 6) is 1.32. The lowest BCUT2D eigenvalue weighted by Gasteiger charge is -2.63. The van der Waals surface area contributed by atoms with E-state index in [-0.39, 0.29) is 40.5 Å². The van der Waals surface area contributed by atoms with Gasteiger partial charge in [-0.3, -0.25) is 4.79 Å². The average molecular weight is 350 g/mol. The Morgan fingerprint density at radius 1 is 0.920 bits per heavy atom. The molecule has 0 spiro atoms. The highest BCUT2D eigenvalue weighted by molar-refractivity contribution is 5.79. The zero-order chi connectivity index (χ0) is 18.1. The Balaban J connectivity index is 1.71. The lowest BCUT2D eigenvalue weighted by molar-refractivity contribution is -0.207. The fourth-order valence-corrected chi connectivity index (χ4v) is 8.08. The molecule has 4 aliphatic rings. The van der Waals surface area contributed by atoms with Gasteiger partial charge in [0.2, 0.25) is 0 Å². The van der Waals surface area contributed by atoms with Crippen LogP contribution in [0, 0.1) is 40.4 Å². The molecule has 0 aromatic heterocycles. The zero-order valence-electron chi connectivity index (χ0n) is 15.8. The minimum atomic E-state index is -0.401. The maximum absolute atomic E-state index is 12.2. The summed E-state index contributed by atoms with van der Waals surface area (Å²) in [4.78, 5) is 12.2. The summed E-state index contributed by atoms with van der Waals surface area (Å²) < 4.78 is 0. The molecule has 142 valence electrons. The molecule has 0 aromatic carbocycles. The summed E-state index contributed by atoms with van der Waals surface area (Å²) in [6.07, 6.45) is 4.61. The number of ketones is 1. The van der Waals surface area contributed by atoms with E-state index in [1.807, 2.05) is 0 Å². The van der Waals surface area contributed by atoms with E-state index in [9.17, 15) is 20.1 Å². The van der Waals surface area contributed by atoms with E-state index < -0.39 is 12.2 Å². The third-order valence-electron chi connectivity index (χ3n) is 9.07. The number of aliphatic hydroxyl groups excluding tert-OH is 3. The van der Waals surface area contributed by atoms with Crippen LogP contribution in [-0.2, 0) is 4.79 Å². The van der Waals surface area contributed by atoms with Crippen molar-refractivity contribution in [2.45, 2.75) is 84.0 Å². The van der Waals surface area contributed by atoms with Crippen LogP contribution in [0.3, 0.4) is 0 Å². The quantitative estimate of drug-likeness (QED) is 0.679. The molecular formula is C21H34O4. The monoisotopic (exact) mass is 350 g/mol. The number of hydrogen-bond acceptors (Lipinski definition) is 4. The number of rotatable bonds is 1. The van der Waals surface area contributed by atoms with Gasteiger partial charge in [-0.15, -0.1) is 0 Å². The van der Waals surface area contributed by atoms with E-state index in [2.05, 4.69) is 13.8 Å². The van der Waals surface area contributed by atoms with Crippen molar-refractivity contribution in [2.75, 3.05) is 0 Å². The predicted molar refractivity (Wildman–Crippen MR) is 94.7 cm³/mol. The van der Waals surface area contributed by atoms with Crippen LogP contribution in [-0.4, -0.2) is 39.4 Å². The van der Waals surface area contributed by atoms with Crippen molar-refractivity contribution >= 4 is 5.78 Å². The molecule has 4 rings (SSSR count). The van der Waals surface area contributed by atoms with Crippen molar-refractivity contribution in [3.05, 3.63) is 0 Å². The van der Waals surface area contributed by atoms with Gasteiger partial charge in [-0.05, 0) is 86.4 Å². The van der Waals surface area contributed by atoms with Crippen molar-refractivity contribution in [1.82, 2.24) is 0 Å². The third kappa shape index (κ3) is 2.40. The highest BCUT2D eigenvalue weighted by Gasteiger charge is 2.65. The summed E-state index contributed by atoms with van der Waals surface area (Å²) in [7, 11) is 0. The molecule has 0 aliphatic heterocycles. The summed E-state index contributed by atoms with van der Waals surface area (Å²) in [5, 5.41) is 32.3. The first-order valence-electron chi connectivity index (χ1n) is 10.2. The first kappa shape index (κ1) is 17.9. The van der Waals surface area contributed by atoms with E-state index >= 15 is 0 Å². The Morgan fingerprint density at radius 2 is 1.64 bits per heavy atom. The topological polar surface area (TPSA) is 77.8 Å². The van der Waals surface area contributed by atoms with Gasteiger partial charge in [-0.1, -0.05) is 13.8 Å². The standard InChI is InChI=1S/C21H34O4/c1-11(22)14-4-5-15-13-9-17(24)16-8-12(23)6-7-20(16,2)19(13)18(25)10-21(14,15)3/h12-19,23-25H,4-10H2,1-3H3/t12-,13+,14-,15+,16-,17+,18-,19-,20+,21-/m1/s1. The lowest BCUT2D eigenvalue weighted by atomic mass is 9.43. The van der Waals surface area contributed by atoms with Gasteiger partial charge in [0.1, 0.15) is 5.78 Å². The molecule has 4 heteroatoms. The molecule has 4 aliphatic carbocycles. The zero-order valence-corrected chi connectivity index (χ0v) is 15.8.